The zero-order valence-corrected chi connectivity index (χ0v) is 15.7. The summed E-state index contributed by atoms with van der Waals surface area (Å²) >= 11 is 0. The molecule has 0 amide bonds. The van der Waals surface area contributed by atoms with Crippen molar-refractivity contribution in [3.63, 3.8) is 0 Å². The van der Waals surface area contributed by atoms with Gasteiger partial charge in [-0.3, -0.25) is 4.57 Å². The second-order valence-electron chi connectivity index (χ2n) is 6.10. The Labute approximate surface area is 159 Å². The summed E-state index contributed by atoms with van der Waals surface area (Å²) in [5.41, 5.74) is 0.910. The minimum Gasteiger partial charge on any atom is -0.493 e. The van der Waals surface area contributed by atoms with Gasteiger partial charge in [-0.1, -0.05) is 30.3 Å². The molecule has 1 heterocycles. The van der Waals surface area contributed by atoms with Crippen molar-refractivity contribution in [3.8, 4) is 11.5 Å². The Balaban J connectivity index is 1.64. The average Bonchev–Trinajstić information content (AvgIpc) is 3.21. The smallest absolute Gasteiger partial charge is 0.168 e. The number of aromatic nitrogens is 2. The lowest BCUT2D eigenvalue weighted by Crippen LogP contribution is -2.18. The summed E-state index contributed by atoms with van der Waals surface area (Å²) in [5, 5.41) is 6.37. The zero-order valence-electron chi connectivity index (χ0n) is 15.7. The summed E-state index contributed by atoms with van der Waals surface area (Å²) < 4.78 is 13.6. The van der Waals surface area contributed by atoms with E-state index in [-0.39, 0.29) is 0 Å². The molecule has 0 N–H and O–H groups in total. The minimum absolute atomic E-state index is 0.559. The van der Waals surface area contributed by atoms with Crippen LogP contribution in [0.1, 0.15) is 12.0 Å². The zero-order chi connectivity index (χ0) is 18.9. The van der Waals surface area contributed by atoms with Crippen LogP contribution < -0.4 is 9.47 Å². The van der Waals surface area contributed by atoms with Crippen molar-refractivity contribution >= 4 is 5.84 Å². The van der Waals surface area contributed by atoms with Crippen molar-refractivity contribution < 1.29 is 9.47 Å². The number of hydrogen-bond donors (Lipinski definition) is 0. The number of ether oxygens (including phenoxy) is 2. The number of para-hydroxylation sites is 2. The lowest BCUT2D eigenvalue weighted by atomic mass is 10.2. The fourth-order valence-electron chi connectivity index (χ4n) is 2.54. The molecule has 0 unspecified atom stereocenters. The van der Waals surface area contributed by atoms with Crippen LogP contribution in [0.5, 0.6) is 11.5 Å². The third-order valence-corrected chi connectivity index (χ3v) is 3.73. The number of benzene rings is 2. The topological polar surface area (TPSA) is 51.9 Å². The van der Waals surface area contributed by atoms with Gasteiger partial charge in [-0.15, -0.1) is 0 Å². The molecular weight excluding hydrogens is 340 g/mol. The van der Waals surface area contributed by atoms with Gasteiger partial charge < -0.3 is 14.5 Å². The Hall–Kier alpha value is -3.28. The highest BCUT2D eigenvalue weighted by atomic mass is 16.5. The monoisotopic (exact) mass is 364 g/mol. The average molecular weight is 364 g/mol. The van der Waals surface area contributed by atoms with Crippen molar-refractivity contribution in [2.24, 2.45) is 5.10 Å². The van der Waals surface area contributed by atoms with E-state index in [0.29, 0.717) is 13.2 Å². The summed E-state index contributed by atoms with van der Waals surface area (Å²) in [5.74, 6) is 2.42. The van der Waals surface area contributed by atoms with Crippen LogP contribution in [0.3, 0.4) is 0 Å². The SMILES string of the molecule is CN(C)N=C(c1ccccc1OCCCOc1ccccc1)n1ccnc1. The fraction of sp³-hybridized carbons (Fsp3) is 0.238. The van der Waals surface area contributed by atoms with Gasteiger partial charge in [0.25, 0.3) is 0 Å². The molecule has 0 fully saturated rings. The van der Waals surface area contributed by atoms with E-state index in [9.17, 15) is 0 Å². The van der Waals surface area contributed by atoms with Gasteiger partial charge in [0, 0.05) is 32.9 Å². The number of hydrazone groups is 1. The summed E-state index contributed by atoms with van der Waals surface area (Å²) in [7, 11) is 3.78. The number of rotatable bonds is 8. The van der Waals surface area contributed by atoms with Gasteiger partial charge in [-0.05, 0) is 24.3 Å². The molecule has 3 aromatic rings. The van der Waals surface area contributed by atoms with E-state index in [2.05, 4.69) is 10.1 Å². The highest BCUT2D eigenvalue weighted by molar-refractivity contribution is 6.02. The Morgan fingerprint density at radius 2 is 1.74 bits per heavy atom. The molecule has 3 rings (SSSR count). The first-order chi connectivity index (χ1) is 13.2. The Kier molecular flexibility index (Phi) is 6.46. The normalized spacial score (nSPS) is 11.3. The quantitative estimate of drug-likeness (QED) is 0.266. The molecular formula is C21H24N4O2. The molecule has 0 atom stereocenters. The van der Waals surface area contributed by atoms with E-state index in [0.717, 1.165) is 29.3 Å². The predicted octanol–water partition coefficient (Wildman–Crippen LogP) is 3.50. The molecule has 2 aromatic carbocycles. The standard InChI is InChI=1S/C21H24N4O2/c1-24(2)23-21(25-14-13-22-17-25)19-11-6-7-12-20(19)27-16-8-15-26-18-9-4-3-5-10-18/h3-7,9-14,17H,8,15-16H2,1-2H3. The second-order valence-corrected chi connectivity index (χ2v) is 6.10. The molecule has 1 aromatic heterocycles. The van der Waals surface area contributed by atoms with E-state index in [1.807, 2.05) is 79.5 Å². The first kappa shape index (κ1) is 18.5. The molecule has 0 bridgehead atoms. The molecule has 0 aliphatic carbocycles. The third-order valence-electron chi connectivity index (χ3n) is 3.73. The van der Waals surface area contributed by atoms with Crippen LogP contribution in [0.2, 0.25) is 0 Å². The van der Waals surface area contributed by atoms with Gasteiger partial charge in [0.1, 0.15) is 17.8 Å². The number of imidazole rings is 1. The molecule has 0 aliphatic rings. The van der Waals surface area contributed by atoms with Crippen LogP contribution in [0.15, 0.2) is 78.4 Å². The molecule has 0 aliphatic heterocycles. The highest BCUT2D eigenvalue weighted by Crippen LogP contribution is 2.20. The largest absolute Gasteiger partial charge is 0.493 e. The number of hydrogen-bond acceptors (Lipinski definition) is 5. The maximum atomic E-state index is 6.02. The molecule has 0 saturated heterocycles. The molecule has 0 radical (unpaired) electrons. The van der Waals surface area contributed by atoms with Gasteiger partial charge in [0.15, 0.2) is 5.84 Å². The van der Waals surface area contributed by atoms with E-state index >= 15 is 0 Å². The third kappa shape index (κ3) is 5.34. The van der Waals surface area contributed by atoms with Crippen LogP contribution in [-0.2, 0) is 0 Å². The van der Waals surface area contributed by atoms with E-state index in [1.165, 1.54) is 0 Å². The van der Waals surface area contributed by atoms with Crippen LogP contribution in [-0.4, -0.2) is 47.7 Å². The lowest BCUT2D eigenvalue weighted by molar-refractivity contribution is 0.247. The van der Waals surface area contributed by atoms with E-state index in [1.54, 1.807) is 17.5 Å². The number of nitrogens with zero attached hydrogens (tertiary/aromatic N) is 4. The summed E-state index contributed by atoms with van der Waals surface area (Å²) in [4.78, 5) is 4.13. The van der Waals surface area contributed by atoms with Crippen molar-refractivity contribution in [3.05, 3.63) is 78.9 Å². The summed E-state index contributed by atoms with van der Waals surface area (Å²) in [6.07, 6.45) is 6.11. The Morgan fingerprint density at radius 1 is 1.00 bits per heavy atom. The van der Waals surface area contributed by atoms with Crippen molar-refractivity contribution in [1.82, 2.24) is 14.6 Å². The summed E-state index contributed by atoms with van der Waals surface area (Å²) in [6.45, 7) is 1.16. The fourth-order valence-corrected chi connectivity index (χ4v) is 2.54. The van der Waals surface area contributed by atoms with Gasteiger partial charge >= 0.3 is 0 Å². The predicted molar refractivity (Wildman–Crippen MR) is 106 cm³/mol. The highest BCUT2D eigenvalue weighted by Gasteiger charge is 2.13. The van der Waals surface area contributed by atoms with Gasteiger partial charge in [-0.25, -0.2) is 4.98 Å². The Morgan fingerprint density at radius 3 is 2.48 bits per heavy atom. The molecule has 0 saturated carbocycles. The van der Waals surface area contributed by atoms with Crippen molar-refractivity contribution in [2.75, 3.05) is 27.3 Å². The maximum absolute atomic E-state index is 6.02. The minimum atomic E-state index is 0.559. The molecule has 6 heteroatoms. The molecule has 27 heavy (non-hydrogen) atoms. The van der Waals surface area contributed by atoms with Crippen LogP contribution in [0.4, 0.5) is 0 Å². The van der Waals surface area contributed by atoms with E-state index in [4.69, 9.17) is 9.47 Å². The lowest BCUT2D eigenvalue weighted by Gasteiger charge is -2.16. The van der Waals surface area contributed by atoms with Gasteiger partial charge in [-0.2, -0.15) is 5.10 Å². The van der Waals surface area contributed by atoms with Crippen LogP contribution in [0, 0.1) is 0 Å². The van der Waals surface area contributed by atoms with Crippen molar-refractivity contribution in [1.29, 1.82) is 0 Å². The van der Waals surface area contributed by atoms with Crippen LogP contribution in [0.25, 0.3) is 0 Å². The molecule has 140 valence electrons. The second kappa shape index (κ2) is 9.43. The molecule has 6 nitrogen and oxygen atoms in total. The first-order valence-electron chi connectivity index (χ1n) is 8.88. The Bertz CT molecular complexity index is 846. The van der Waals surface area contributed by atoms with Crippen molar-refractivity contribution in [2.45, 2.75) is 6.42 Å². The first-order valence-corrected chi connectivity index (χ1v) is 8.88. The van der Waals surface area contributed by atoms with Gasteiger partial charge in [0.2, 0.25) is 0 Å². The maximum Gasteiger partial charge on any atom is 0.168 e. The van der Waals surface area contributed by atoms with E-state index < -0.39 is 0 Å². The van der Waals surface area contributed by atoms with Gasteiger partial charge in [0.05, 0.1) is 18.8 Å². The molecule has 0 spiro atoms. The van der Waals surface area contributed by atoms with Crippen LogP contribution >= 0.6 is 0 Å². The summed E-state index contributed by atoms with van der Waals surface area (Å²) in [6, 6.07) is 17.7.